The molecule has 0 aliphatic heterocycles. The van der Waals surface area contributed by atoms with Crippen LogP contribution in [0.15, 0.2) is 28.9 Å². The van der Waals surface area contributed by atoms with E-state index < -0.39 is 6.10 Å². The molecule has 6 heteroatoms. The molecule has 1 heterocycles. The van der Waals surface area contributed by atoms with Crippen molar-refractivity contribution >= 4 is 15.9 Å². The van der Waals surface area contributed by atoms with Gasteiger partial charge in [-0.2, -0.15) is 0 Å². The molecule has 1 N–H and O–H groups in total. The van der Waals surface area contributed by atoms with Crippen molar-refractivity contribution in [2.45, 2.75) is 13.0 Å². The zero-order chi connectivity index (χ0) is 16.3. The summed E-state index contributed by atoms with van der Waals surface area (Å²) in [5.41, 5.74) is 2.16. The standard InChI is InChI=1S/C16H18BrNO4/c1-9-5-11(18-14(17)6-9)15(19)10-7-12(20-2)16(22-4)13(8-10)21-3/h5-8,15,19H,1-4H3. The highest BCUT2D eigenvalue weighted by molar-refractivity contribution is 9.10. The summed E-state index contributed by atoms with van der Waals surface area (Å²) in [6.07, 6.45) is -0.898. The third-order valence-electron chi connectivity index (χ3n) is 3.24. The molecular formula is C16H18BrNO4. The van der Waals surface area contributed by atoms with Crippen molar-refractivity contribution in [2.24, 2.45) is 0 Å². The van der Waals surface area contributed by atoms with Gasteiger partial charge in [0.15, 0.2) is 11.5 Å². The maximum atomic E-state index is 10.6. The molecule has 0 fully saturated rings. The molecule has 0 amide bonds. The minimum absolute atomic E-state index is 0.485. The van der Waals surface area contributed by atoms with Crippen molar-refractivity contribution in [1.29, 1.82) is 0 Å². The number of hydrogen-bond donors (Lipinski definition) is 1. The second kappa shape index (κ2) is 6.98. The van der Waals surface area contributed by atoms with Crippen LogP contribution in [-0.2, 0) is 0 Å². The Hall–Kier alpha value is -1.79. The smallest absolute Gasteiger partial charge is 0.203 e. The average Bonchev–Trinajstić information content (AvgIpc) is 2.51. The third-order valence-corrected chi connectivity index (χ3v) is 3.65. The molecule has 1 unspecified atom stereocenters. The number of hydrogen-bond acceptors (Lipinski definition) is 5. The van der Waals surface area contributed by atoms with E-state index in [1.807, 2.05) is 19.1 Å². The largest absolute Gasteiger partial charge is 0.493 e. The normalized spacial score (nSPS) is 11.9. The number of aryl methyl sites for hydroxylation is 1. The van der Waals surface area contributed by atoms with Gasteiger partial charge in [0.1, 0.15) is 10.7 Å². The molecule has 0 radical (unpaired) electrons. The lowest BCUT2D eigenvalue weighted by Crippen LogP contribution is -2.05. The van der Waals surface area contributed by atoms with Crippen LogP contribution < -0.4 is 14.2 Å². The number of methoxy groups -OCH3 is 3. The van der Waals surface area contributed by atoms with Gasteiger partial charge in [-0.05, 0) is 58.2 Å². The average molecular weight is 368 g/mol. The first-order chi connectivity index (χ1) is 10.5. The van der Waals surface area contributed by atoms with E-state index in [0.29, 0.717) is 33.1 Å². The summed E-state index contributed by atoms with van der Waals surface area (Å²) in [5.74, 6) is 1.46. The predicted octanol–water partition coefficient (Wildman–Crippen LogP) is 3.26. The topological polar surface area (TPSA) is 60.8 Å². The number of ether oxygens (including phenoxy) is 3. The summed E-state index contributed by atoms with van der Waals surface area (Å²) >= 11 is 3.34. The highest BCUT2D eigenvalue weighted by atomic mass is 79.9. The van der Waals surface area contributed by atoms with Crippen LogP contribution in [0.4, 0.5) is 0 Å². The van der Waals surface area contributed by atoms with Crippen LogP contribution in [0.5, 0.6) is 17.2 Å². The molecular weight excluding hydrogens is 350 g/mol. The van der Waals surface area contributed by atoms with Crippen LogP contribution in [0.1, 0.15) is 22.9 Å². The van der Waals surface area contributed by atoms with Crippen LogP contribution in [-0.4, -0.2) is 31.4 Å². The number of aliphatic hydroxyl groups excluding tert-OH is 1. The highest BCUT2D eigenvalue weighted by Gasteiger charge is 2.19. The van der Waals surface area contributed by atoms with Crippen molar-refractivity contribution in [2.75, 3.05) is 21.3 Å². The van der Waals surface area contributed by atoms with Gasteiger partial charge in [0.05, 0.1) is 27.0 Å². The lowest BCUT2D eigenvalue weighted by Gasteiger charge is -2.17. The maximum absolute atomic E-state index is 10.6. The number of rotatable bonds is 5. The van der Waals surface area contributed by atoms with Gasteiger partial charge in [0, 0.05) is 0 Å². The van der Waals surface area contributed by atoms with Crippen LogP contribution in [0.3, 0.4) is 0 Å². The van der Waals surface area contributed by atoms with Gasteiger partial charge in [0.2, 0.25) is 5.75 Å². The summed E-state index contributed by atoms with van der Waals surface area (Å²) in [6, 6.07) is 7.14. The lowest BCUT2D eigenvalue weighted by molar-refractivity contribution is 0.213. The summed E-state index contributed by atoms with van der Waals surface area (Å²) in [6.45, 7) is 1.94. The number of aromatic nitrogens is 1. The van der Waals surface area contributed by atoms with Crippen LogP contribution >= 0.6 is 15.9 Å². The Morgan fingerprint density at radius 3 is 2.05 bits per heavy atom. The second-order valence-electron chi connectivity index (χ2n) is 4.75. The Balaban J connectivity index is 2.51. The van der Waals surface area contributed by atoms with E-state index in [1.165, 1.54) is 21.3 Å². The van der Waals surface area contributed by atoms with Gasteiger partial charge in [-0.25, -0.2) is 4.98 Å². The Morgan fingerprint density at radius 2 is 1.59 bits per heavy atom. The van der Waals surface area contributed by atoms with E-state index in [2.05, 4.69) is 20.9 Å². The zero-order valence-electron chi connectivity index (χ0n) is 12.9. The Morgan fingerprint density at radius 1 is 1.00 bits per heavy atom. The van der Waals surface area contributed by atoms with Crippen LogP contribution in [0.2, 0.25) is 0 Å². The molecule has 0 bridgehead atoms. The van der Waals surface area contributed by atoms with Crippen molar-refractivity contribution in [3.63, 3.8) is 0 Å². The first-order valence-electron chi connectivity index (χ1n) is 6.62. The first-order valence-corrected chi connectivity index (χ1v) is 7.41. The molecule has 0 saturated heterocycles. The summed E-state index contributed by atoms with van der Waals surface area (Å²) in [4.78, 5) is 4.32. The number of halogens is 1. The molecule has 0 saturated carbocycles. The molecule has 2 aromatic rings. The van der Waals surface area contributed by atoms with E-state index in [1.54, 1.807) is 12.1 Å². The van der Waals surface area contributed by atoms with Gasteiger partial charge < -0.3 is 19.3 Å². The molecule has 0 aliphatic carbocycles. The minimum atomic E-state index is -0.898. The molecule has 22 heavy (non-hydrogen) atoms. The van der Waals surface area contributed by atoms with E-state index in [9.17, 15) is 5.11 Å². The molecule has 0 spiro atoms. The van der Waals surface area contributed by atoms with Crippen LogP contribution in [0, 0.1) is 6.92 Å². The van der Waals surface area contributed by atoms with Gasteiger partial charge in [-0.3, -0.25) is 0 Å². The Bertz CT molecular complexity index is 630. The zero-order valence-corrected chi connectivity index (χ0v) is 14.5. The van der Waals surface area contributed by atoms with Crippen molar-refractivity contribution in [3.8, 4) is 17.2 Å². The lowest BCUT2D eigenvalue weighted by atomic mass is 10.0. The molecule has 1 aromatic carbocycles. The van der Waals surface area contributed by atoms with E-state index >= 15 is 0 Å². The molecule has 2 rings (SSSR count). The quantitative estimate of drug-likeness (QED) is 0.821. The number of aliphatic hydroxyl groups is 1. The molecule has 0 aliphatic rings. The number of nitrogens with zero attached hydrogens (tertiary/aromatic N) is 1. The summed E-state index contributed by atoms with van der Waals surface area (Å²) in [5, 5.41) is 10.6. The van der Waals surface area contributed by atoms with E-state index in [-0.39, 0.29) is 0 Å². The number of pyridine rings is 1. The third kappa shape index (κ3) is 3.34. The van der Waals surface area contributed by atoms with Gasteiger partial charge in [-0.1, -0.05) is 0 Å². The van der Waals surface area contributed by atoms with Crippen molar-refractivity contribution < 1.29 is 19.3 Å². The fourth-order valence-electron chi connectivity index (χ4n) is 2.22. The number of benzene rings is 1. The molecule has 118 valence electrons. The predicted molar refractivity (Wildman–Crippen MR) is 86.8 cm³/mol. The van der Waals surface area contributed by atoms with Crippen LogP contribution in [0.25, 0.3) is 0 Å². The fourth-order valence-corrected chi connectivity index (χ4v) is 2.79. The Kier molecular flexibility index (Phi) is 5.26. The van der Waals surface area contributed by atoms with Gasteiger partial charge in [-0.15, -0.1) is 0 Å². The summed E-state index contributed by atoms with van der Waals surface area (Å²) in [7, 11) is 4.61. The maximum Gasteiger partial charge on any atom is 0.203 e. The van der Waals surface area contributed by atoms with E-state index in [4.69, 9.17) is 14.2 Å². The Labute approximate surface area is 138 Å². The van der Waals surface area contributed by atoms with Gasteiger partial charge in [0.25, 0.3) is 0 Å². The summed E-state index contributed by atoms with van der Waals surface area (Å²) < 4.78 is 16.6. The first kappa shape index (κ1) is 16.6. The van der Waals surface area contributed by atoms with Crippen molar-refractivity contribution in [3.05, 3.63) is 45.7 Å². The van der Waals surface area contributed by atoms with Crippen molar-refractivity contribution in [1.82, 2.24) is 4.98 Å². The molecule has 5 nitrogen and oxygen atoms in total. The second-order valence-corrected chi connectivity index (χ2v) is 5.57. The SMILES string of the molecule is COc1cc(C(O)c2cc(C)cc(Br)n2)cc(OC)c1OC. The van der Waals surface area contributed by atoms with E-state index in [0.717, 1.165) is 5.56 Å². The minimum Gasteiger partial charge on any atom is -0.493 e. The molecule has 1 atom stereocenters. The monoisotopic (exact) mass is 367 g/mol. The van der Waals surface area contributed by atoms with Gasteiger partial charge >= 0.3 is 0 Å². The fraction of sp³-hybridized carbons (Fsp3) is 0.312. The highest BCUT2D eigenvalue weighted by Crippen LogP contribution is 2.40. The molecule has 1 aromatic heterocycles.